The predicted molar refractivity (Wildman–Crippen MR) is 238 cm³/mol. The van der Waals surface area contributed by atoms with E-state index in [9.17, 15) is 4.39 Å². The highest BCUT2D eigenvalue weighted by atomic mass is 32.1. The van der Waals surface area contributed by atoms with Gasteiger partial charge in [-0.2, -0.15) is 0 Å². The Morgan fingerprint density at radius 1 is 0.368 bits per heavy atom. The Morgan fingerprint density at radius 3 is 1.51 bits per heavy atom. The van der Waals surface area contributed by atoms with Gasteiger partial charge in [-0.3, -0.25) is 4.98 Å². The first kappa shape index (κ1) is 33.5. The summed E-state index contributed by atoms with van der Waals surface area (Å²) in [6.45, 7) is 0. The molecule has 0 N–H and O–H groups in total. The molecule has 0 saturated heterocycles. The van der Waals surface area contributed by atoms with Crippen LogP contribution >= 0.6 is 22.7 Å². The second kappa shape index (κ2) is 13.7. The summed E-state index contributed by atoms with van der Waals surface area (Å²) in [5, 5.41) is 5.03. The number of rotatable bonds is 6. The molecule has 0 aliphatic rings. The Balaban J connectivity index is 1.15. The van der Waals surface area contributed by atoms with Gasteiger partial charge >= 0.3 is 0 Å². The zero-order valence-electron chi connectivity index (χ0n) is 30.4. The van der Waals surface area contributed by atoms with Crippen LogP contribution < -0.4 is 0 Å². The zero-order chi connectivity index (χ0) is 37.9. The van der Waals surface area contributed by atoms with Crippen molar-refractivity contribution in [3.63, 3.8) is 0 Å². The fraction of sp³-hybridized carbons (Fsp3) is 0. The Labute approximate surface area is 336 Å². The lowest BCUT2D eigenvalue weighted by Crippen LogP contribution is -1.98. The molecule has 268 valence electrons. The van der Waals surface area contributed by atoms with Crippen molar-refractivity contribution in [2.75, 3.05) is 0 Å². The molecule has 0 amide bonds. The van der Waals surface area contributed by atoms with Crippen LogP contribution in [0.15, 0.2) is 182 Å². The van der Waals surface area contributed by atoms with Gasteiger partial charge in [0.2, 0.25) is 0 Å². The van der Waals surface area contributed by atoms with Crippen LogP contribution in [0.25, 0.3) is 108 Å². The first-order valence-electron chi connectivity index (χ1n) is 18.7. The van der Waals surface area contributed by atoms with E-state index in [4.69, 9.17) is 9.97 Å². The molecular weight excluding hydrogens is 738 g/mol. The Hall–Kier alpha value is -6.86. The molecule has 0 aliphatic heterocycles. The van der Waals surface area contributed by atoms with Crippen LogP contribution in [0.1, 0.15) is 0 Å². The Morgan fingerprint density at radius 2 is 0.895 bits per heavy atom. The average Bonchev–Trinajstić information content (AvgIpc) is 3.84. The van der Waals surface area contributed by atoms with Gasteiger partial charge < -0.3 is 0 Å². The first-order chi connectivity index (χ1) is 28.1. The molecule has 3 nitrogen and oxygen atoms in total. The summed E-state index contributed by atoms with van der Waals surface area (Å²) in [5.74, 6) is 0.286. The lowest BCUT2D eigenvalue weighted by molar-refractivity contribution is 0.628. The topological polar surface area (TPSA) is 38.7 Å². The van der Waals surface area contributed by atoms with Crippen LogP contribution in [0.5, 0.6) is 0 Å². The standard InChI is InChI=1S/C51H30FN3S2/c52-38-19-15-31(16-20-38)45-29-46(55-51(54-45)42-12-2-1-9-39(42)34-8-7-23-53-30-34)37-25-35(32-17-21-49-43(27-32)40-10-3-5-13-47(40)56-49)24-36(26-37)33-18-22-50-44(28-33)41-11-4-6-14-48(41)57-50/h1-30H. The molecule has 0 bridgehead atoms. The van der Waals surface area contributed by atoms with Crippen molar-refractivity contribution in [3.8, 4) is 67.3 Å². The maximum atomic E-state index is 14.2. The Bertz CT molecular complexity index is 3180. The summed E-state index contributed by atoms with van der Waals surface area (Å²) in [6, 6.07) is 58.3. The molecule has 0 unspecified atom stereocenters. The van der Waals surface area contributed by atoms with Gasteiger partial charge in [0.15, 0.2) is 5.82 Å². The van der Waals surface area contributed by atoms with E-state index < -0.39 is 0 Å². The fourth-order valence-corrected chi connectivity index (χ4v) is 10.0. The predicted octanol–water partition coefficient (Wildman–Crippen LogP) is 14.7. The zero-order valence-corrected chi connectivity index (χ0v) is 32.0. The largest absolute Gasteiger partial charge is 0.264 e. The van der Waals surface area contributed by atoms with E-state index in [2.05, 4.69) is 120 Å². The molecule has 6 heteroatoms. The van der Waals surface area contributed by atoms with Crippen molar-refractivity contribution in [2.24, 2.45) is 0 Å². The number of benzene rings is 7. The monoisotopic (exact) mass is 767 g/mol. The highest BCUT2D eigenvalue weighted by Gasteiger charge is 2.17. The number of hydrogen-bond acceptors (Lipinski definition) is 5. The highest BCUT2D eigenvalue weighted by Crippen LogP contribution is 2.41. The first-order valence-corrected chi connectivity index (χ1v) is 20.4. The molecule has 57 heavy (non-hydrogen) atoms. The lowest BCUT2D eigenvalue weighted by atomic mass is 9.93. The number of halogens is 1. The third kappa shape index (κ3) is 6.07. The lowest BCUT2D eigenvalue weighted by Gasteiger charge is -2.15. The van der Waals surface area contributed by atoms with Crippen LogP contribution in [-0.4, -0.2) is 15.0 Å². The number of thiophene rings is 2. The van der Waals surface area contributed by atoms with Crippen molar-refractivity contribution in [3.05, 3.63) is 188 Å². The Kier molecular flexibility index (Phi) is 8.05. The molecule has 0 radical (unpaired) electrons. The number of fused-ring (bicyclic) bond motifs is 6. The van der Waals surface area contributed by atoms with Gasteiger partial charge in [-0.05, 0) is 119 Å². The fourth-order valence-electron chi connectivity index (χ4n) is 7.86. The summed E-state index contributed by atoms with van der Waals surface area (Å²) in [5.41, 5.74) is 10.5. The normalized spacial score (nSPS) is 11.6. The third-order valence-electron chi connectivity index (χ3n) is 10.7. The molecule has 0 aliphatic carbocycles. The number of pyridine rings is 1. The smallest absolute Gasteiger partial charge is 0.161 e. The van der Waals surface area contributed by atoms with Crippen LogP contribution in [0.2, 0.25) is 0 Å². The summed E-state index contributed by atoms with van der Waals surface area (Å²) in [4.78, 5) is 14.9. The summed E-state index contributed by atoms with van der Waals surface area (Å²) in [7, 11) is 0. The number of nitrogens with zero attached hydrogens (tertiary/aromatic N) is 3. The van der Waals surface area contributed by atoms with E-state index in [1.54, 1.807) is 18.3 Å². The van der Waals surface area contributed by atoms with Crippen LogP contribution in [0.4, 0.5) is 4.39 Å². The van der Waals surface area contributed by atoms with E-state index >= 15 is 0 Å². The molecule has 0 fully saturated rings. The van der Waals surface area contributed by atoms with Crippen molar-refractivity contribution in [2.45, 2.75) is 0 Å². The summed E-state index contributed by atoms with van der Waals surface area (Å²) < 4.78 is 19.3. The second-order valence-corrected chi connectivity index (χ2v) is 16.3. The van der Waals surface area contributed by atoms with Crippen LogP contribution in [0, 0.1) is 5.82 Å². The van der Waals surface area contributed by atoms with Gasteiger partial charge in [-0.15, -0.1) is 22.7 Å². The van der Waals surface area contributed by atoms with Gasteiger partial charge in [-0.25, -0.2) is 14.4 Å². The molecule has 4 heterocycles. The molecule has 7 aromatic carbocycles. The van der Waals surface area contributed by atoms with Crippen LogP contribution in [-0.2, 0) is 0 Å². The number of aromatic nitrogens is 3. The molecule has 0 saturated carbocycles. The van der Waals surface area contributed by atoms with Gasteiger partial charge in [0, 0.05) is 75.0 Å². The maximum Gasteiger partial charge on any atom is 0.161 e. The van der Waals surface area contributed by atoms with Crippen molar-refractivity contribution < 1.29 is 4.39 Å². The SMILES string of the molecule is Fc1ccc(-c2cc(-c3cc(-c4ccc5sc6ccccc6c5c4)cc(-c4ccc5sc6ccccc6c5c4)c3)nc(-c3ccccc3-c3cccnc3)n2)cc1. The molecule has 0 atom stereocenters. The van der Waals surface area contributed by atoms with E-state index in [0.717, 1.165) is 55.8 Å². The molecule has 0 spiro atoms. The maximum absolute atomic E-state index is 14.2. The van der Waals surface area contributed by atoms with Gasteiger partial charge in [0.1, 0.15) is 5.82 Å². The van der Waals surface area contributed by atoms with Gasteiger partial charge in [-0.1, -0.05) is 78.9 Å². The minimum atomic E-state index is -0.293. The molecule has 11 aromatic rings. The third-order valence-corrected chi connectivity index (χ3v) is 13.0. The molecule has 11 rings (SSSR count). The highest BCUT2D eigenvalue weighted by molar-refractivity contribution is 7.26. The van der Waals surface area contributed by atoms with Crippen molar-refractivity contribution in [1.82, 2.24) is 15.0 Å². The quantitative estimate of drug-likeness (QED) is 0.169. The molecule has 4 aromatic heterocycles. The van der Waals surface area contributed by atoms with E-state index in [1.807, 2.05) is 59.2 Å². The van der Waals surface area contributed by atoms with E-state index in [0.29, 0.717) is 11.5 Å². The average molecular weight is 768 g/mol. The number of hydrogen-bond donors (Lipinski definition) is 0. The molecular formula is C51H30FN3S2. The van der Waals surface area contributed by atoms with Crippen molar-refractivity contribution in [1.29, 1.82) is 0 Å². The minimum absolute atomic E-state index is 0.293. The minimum Gasteiger partial charge on any atom is -0.264 e. The summed E-state index contributed by atoms with van der Waals surface area (Å²) in [6.07, 6.45) is 3.64. The van der Waals surface area contributed by atoms with Gasteiger partial charge in [0.25, 0.3) is 0 Å². The van der Waals surface area contributed by atoms with Crippen LogP contribution in [0.3, 0.4) is 0 Å². The van der Waals surface area contributed by atoms with E-state index in [1.165, 1.54) is 52.5 Å². The van der Waals surface area contributed by atoms with E-state index in [-0.39, 0.29) is 5.82 Å². The van der Waals surface area contributed by atoms with Crippen molar-refractivity contribution >= 4 is 63.0 Å². The summed E-state index contributed by atoms with van der Waals surface area (Å²) >= 11 is 3.65. The van der Waals surface area contributed by atoms with Gasteiger partial charge in [0.05, 0.1) is 11.4 Å². The second-order valence-electron chi connectivity index (χ2n) is 14.2.